The van der Waals surface area contributed by atoms with E-state index in [4.69, 9.17) is 8.83 Å². The Hall–Kier alpha value is -2.15. The highest BCUT2D eigenvalue weighted by Gasteiger charge is 2.10. The van der Waals surface area contributed by atoms with Crippen LogP contribution < -0.4 is 0 Å². The van der Waals surface area contributed by atoms with Gasteiger partial charge in [0.2, 0.25) is 11.8 Å². The van der Waals surface area contributed by atoms with Crippen molar-refractivity contribution < 1.29 is 13.2 Å². The molecule has 0 N–H and O–H groups in total. The van der Waals surface area contributed by atoms with Crippen LogP contribution in [0.2, 0.25) is 0 Å². The van der Waals surface area contributed by atoms with Crippen LogP contribution in [0.4, 0.5) is 4.39 Å². The number of rotatable bonds is 5. The lowest BCUT2D eigenvalue weighted by Crippen LogP contribution is -1.80. The third kappa shape index (κ3) is 3.30. The van der Waals surface area contributed by atoms with Crippen molar-refractivity contribution in [2.45, 2.75) is 24.3 Å². The Morgan fingerprint density at radius 1 is 1.10 bits per heavy atom. The number of aryl methyl sites for hydroxylation is 1. The Bertz CT molecular complexity index is 724. The molecule has 21 heavy (non-hydrogen) atoms. The van der Waals surface area contributed by atoms with E-state index in [1.807, 2.05) is 6.92 Å². The highest BCUT2D eigenvalue weighted by atomic mass is 32.2. The Labute approximate surface area is 124 Å². The summed E-state index contributed by atoms with van der Waals surface area (Å²) in [6.07, 6.45) is 2.33. The van der Waals surface area contributed by atoms with Crippen molar-refractivity contribution in [2.75, 3.05) is 0 Å². The van der Waals surface area contributed by atoms with Crippen molar-refractivity contribution in [1.82, 2.24) is 15.2 Å². The van der Waals surface area contributed by atoms with Crippen LogP contribution in [0, 0.1) is 5.82 Å². The molecule has 0 amide bonds. The molecule has 0 aliphatic rings. The Morgan fingerprint density at radius 2 is 1.86 bits per heavy atom. The second-order valence-corrected chi connectivity index (χ2v) is 5.16. The van der Waals surface area contributed by atoms with E-state index in [1.165, 1.54) is 23.9 Å². The van der Waals surface area contributed by atoms with Gasteiger partial charge in [-0.25, -0.2) is 9.37 Å². The summed E-state index contributed by atoms with van der Waals surface area (Å²) in [6.45, 7) is 1.95. The molecule has 2 heterocycles. The highest BCUT2D eigenvalue weighted by Crippen LogP contribution is 2.27. The second kappa shape index (κ2) is 6.09. The van der Waals surface area contributed by atoms with Gasteiger partial charge in [0, 0.05) is 12.0 Å². The first kappa shape index (κ1) is 13.8. The minimum atomic E-state index is -0.281. The zero-order valence-corrected chi connectivity index (χ0v) is 12.1. The average molecular weight is 305 g/mol. The summed E-state index contributed by atoms with van der Waals surface area (Å²) in [4.78, 5) is 4.17. The first-order valence-electron chi connectivity index (χ1n) is 6.40. The molecule has 0 bridgehead atoms. The van der Waals surface area contributed by atoms with Gasteiger partial charge >= 0.3 is 0 Å². The normalized spacial score (nSPS) is 11.0. The molecule has 5 nitrogen and oxygen atoms in total. The SMILES string of the molecule is CCc1nnc(CSc2ncc(-c3ccc(F)cc3)o2)o1. The minimum absolute atomic E-state index is 0.281. The van der Waals surface area contributed by atoms with Gasteiger partial charge in [0.15, 0.2) is 5.76 Å². The van der Waals surface area contributed by atoms with Crippen molar-refractivity contribution >= 4 is 11.8 Å². The molecule has 3 aromatic rings. The lowest BCUT2D eigenvalue weighted by Gasteiger charge is -1.95. The smallest absolute Gasteiger partial charge is 0.256 e. The third-order valence-electron chi connectivity index (χ3n) is 2.74. The van der Waals surface area contributed by atoms with Crippen LogP contribution in [-0.4, -0.2) is 15.2 Å². The van der Waals surface area contributed by atoms with E-state index < -0.39 is 0 Å². The fraction of sp³-hybridized carbons (Fsp3) is 0.214. The van der Waals surface area contributed by atoms with Crippen LogP contribution in [0.3, 0.4) is 0 Å². The van der Waals surface area contributed by atoms with Crippen LogP contribution >= 0.6 is 11.8 Å². The van der Waals surface area contributed by atoms with Crippen molar-refractivity contribution in [3.05, 3.63) is 48.1 Å². The molecule has 0 fully saturated rings. The topological polar surface area (TPSA) is 65.0 Å². The molecule has 0 aliphatic heterocycles. The van der Waals surface area contributed by atoms with Crippen molar-refractivity contribution in [3.63, 3.8) is 0 Å². The van der Waals surface area contributed by atoms with Crippen LogP contribution in [0.1, 0.15) is 18.7 Å². The number of hydrogen-bond donors (Lipinski definition) is 0. The van der Waals surface area contributed by atoms with Gasteiger partial charge in [0.1, 0.15) is 5.82 Å². The van der Waals surface area contributed by atoms with Gasteiger partial charge in [0.25, 0.3) is 5.22 Å². The summed E-state index contributed by atoms with van der Waals surface area (Å²) < 4.78 is 23.9. The highest BCUT2D eigenvalue weighted by molar-refractivity contribution is 7.98. The maximum absolute atomic E-state index is 12.9. The maximum atomic E-state index is 12.9. The van der Waals surface area contributed by atoms with Gasteiger partial charge in [-0.1, -0.05) is 18.7 Å². The minimum Gasteiger partial charge on any atom is -0.431 e. The van der Waals surface area contributed by atoms with Crippen molar-refractivity contribution in [3.8, 4) is 11.3 Å². The molecule has 0 atom stereocenters. The molecular weight excluding hydrogens is 293 g/mol. The van der Waals surface area contributed by atoms with E-state index in [0.717, 1.165) is 5.56 Å². The van der Waals surface area contributed by atoms with Gasteiger partial charge < -0.3 is 8.83 Å². The molecule has 0 spiro atoms. The first-order valence-corrected chi connectivity index (χ1v) is 7.39. The molecule has 0 aliphatic carbocycles. The van der Waals surface area contributed by atoms with E-state index in [1.54, 1.807) is 18.3 Å². The van der Waals surface area contributed by atoms with Gasteiger partial charge in [0.05, 0.1) is 11.9 Å². The predicted octanol–water partition coefficient (Wildman–Crippen LogP) is 3.72. The molecule has 0 radical (unpaired) electrons. The summed E-state index contributed by atoms with van der Waals surface area (Å²) in [6, 6.07) is 6.07. The molecule has 0 unspecified atom stereocenters. The number of hydrogen-bond acceptors (Lipinski definition) is 6. The molecule has 3 rings (SSSR count). The number of benzene rings is 1. The van der Waals surface area contributed by atoms with Gasteiger partial charge in [-0.2, -0.15) is 0 Å². The summed E-state index contributed by atoms with van der Waals surface area (Å²) >= 11 is 1.37. The van der Waals surface area contributed by atoms with Crippen LogP contribution in [0.25, 0.3) is 11.3 Å². The number of thioether (sulfide) groups is 1. The number of aromatic nitrogens is 3. The van der Waals surface area contributed by atoms with E-state index in [-0.39, 0.29) is 5.82 Å². The average Bonchev–Trinajstić information content (AvgIpc) is 3.15. The molecule has 0 saturated carbocycles. The second-order valence-electron chi connectivity index (χ2n) is 4.23. The predicted molar refractivity (Wildman–Crippen MR) is 75.1 cm³/mol. The fourth-order valence-corrected chi connectivity index (χ4v) is 2.33. The van der Waals surface area contributed by atoms with Gasteiger partial charge in [-0.05, 0) is 24.3 Å². The summed E-state index contributed by atoms with van der Waals surface area (Å²) in [5.41, 5.74) is 0.779. The van der Waals surface area contributed by atoms with Crippen LogP contribution in [0.15, 0.2) is 44.5 Å². The zero-order chi connectivity index (χ0) is 14.7. The van der Waals surface area contributed by atoms with Crippen LogP contribution in [0.5, 0.6) is 0 Å². The van der Waals surface area contributed by atoms with Crippen LogP contribution in [-0.2, 0) is 12.2 Å². The number of oxazole rings is 1. The van der Waals surface area contributed by atoms with E-state index >= 15 is 0 Å². The number of nitrogens with zero attached hydrogens (tertiary/aromatic N) is 3. The standard InChI is InChI=1S/C14H12FN3O2S/c1-2-12-17-18-13(20-12)8-21-14-16-7-11(19-14)9-3-5-10(15)6-4-9/h3-7H,2,8H2,1H3. The zero-order valence-electron chi connectivity index (χ0n) is 11.2. The Morgan fingerprint density at radius 3 is 2.57 bits per heavy atom. The summed E-state index contributed by atoms with van der Waals surface area (Å²) in [5, 5.41) is 8.32. The quantitative estimate of drug-likeness (QED) is 0.669. The monoisotopic (exact) mass is 305 g/mol. The van der Waals surface area contributed by atoms with Gasteiger partial charge in [-0.15, -0.1) is 10.2 Å². The number of halogens is 1. The van der Waals surface area contributed by atoms with E-state index in [9.17, 15) is 4.39 Å². The van der Waals surface area contributed by atoms with Gasteiger partial charge in [-0.3, -0.25) is 0 Å². The molecule has 2 aromatic heterocycles. The summed E-state index contributed by atoms with van der Waals surface area (Å²) in [5.74, 6) is 1.97. The fourth-order valence-electron chi connectivity index (χ4n) is 1.69. The van der Waals surface area contributed by atoms with Crippen molar-refractivity contribution in [1.29, 1.82) is 0 Å². The molecule has 1 aromatic carbocycles. The lowest BCUT2D eigenvalue weighted by atomic mass is 10.2. The molecule has 0 saturated heterocycles. The Kier molecular flexibility index (Phi) is 4.01. The first-order chi connectivity index (χ1) is 10.2. The maximum Gasteiger partial charge on any atom is 0.256 e. The Balaban J connectivity index is 1.66. The third-order valence-corrected chi connectivity index (χ3v) is 3.57. The van der Waals surface area contributed by atoms with E-state index in [2.05, 4.69) is 15.2 Å². The molecular formula is C14H12FN3O2S. The molecule has 108 valence electrons. The van der Waals surface area contributed by atoms with E-state index in [0.29, 0.717) is 34.9 Å². The largest absolute Gasteiger partial charge is 0.431 e. The lowest BCUT2D eigenvalue weighted by molar-refractivity contribution is 0.458. The summed E-state index contributed by atoms with van der Waals surface area (Å²) in [7, 11) is 0. The molecule has 7 heteroatoms. The van der Waals surface area contributed by atoms with Crippen molar-refractivity contribution in [2.24, 2.45) is 0 Å².